The van der Waals surface area contributed by atoms with Gasteiger partial charge in [0.25, 0.3) is 0 Å². The number of aromatic hydroxyl groups is 1. The van der Waals surface area contributed by atoms with Crippen LogP contribution < -0.4 is 0 Å². The molecule has 142 valence electrons. The minimum Gasteiger partial charge on any atom is -0.493 e. The van der Waals surface area contributed by atoms with Crippen LogP contribution in [0.4, 0.5) is 0 Å². The van der Waals surface area contributed by atoms with Crippen molar-refractivity contribution in [3.63, 3.8) is 0 Å². The fourth-order valence-electron chi connectivity index (χ4n) is 3.18. The quantitative estimate of drug-likeness (QED) is 0.368. The first kappa shape index (κ1) is 20.2. The molecule has 0 spiro atoms. The van der Waals surface area contributed by atoms with Crippen LogP contribution in [0.5, 0.6) is 5.88 Å². The van der Waals surface area contributed by atoms with Crippen molar-refractivity contribution in [3.05, 3.63) is 47.7 Å². The predicted octanol–water partition coefficient (Wildman–Crippen LogP) is 5.74. The Kier molecular flexibility index (Phi) is 8.94. The third-order valence-electron chi connectivity index (χ3n) is 4.79. The molecule has 0 aliphatic carbocycles. The molecule has 0 unspecified atom stereocenters. The maximum atomic E-state index is 12.3. The van der Waals surface area contributed by atoms with Gasteiger partial charge in [0.15, 0.2) is 5.78 Å². The lowest BCUT2D eigenvalue weighted by Crippen LogP contribution is -2.02. The van der Waals surface area contributed by atoms with Gasteiger partial charge in [0.05, 0.1) is 18.3 Å². The lowest BCUT2D eigenvalue weighted by Gasteiger charge is -2.04. The molecule has 0 saturated carbocycles. The average molecular weight is 357 g/mol. The smallest absolute Gasteiger partial charge is 0.220 e. The van der Waals surface area contributed by atoms with E-state index < -0.39 is 0 Å². The first-order valence-electron chi connectivity index (χ1n) is 10.0. The Morgan fingerprint density at radius 2 is 1.58 bits per heavy atom. The zero-order chi connectivity index (χ0) is 18.6. The number of Topliss-reactive ketones (excluding diaryl/α,β-unsaturated/α-hetero) is 1. The fourth-order valence-corrected chi connectivity index (χ4v) is 3.18. The molecule has 0 atom stereocenters. The van der Waals surface area contributed by atoms with Gasteiger partial charge in [-0.15, -0.1) is 0 Å². The summed E-state index contributed by atoms with van der Waals surface area (Å²) in [4.78, 5) is 12.3. The summed E-state index contributed by atoms with van der Waals surface area (Å²) in [6.45, 7) is 2.71. The van der Waals surface area contributed by atoms with Gasteiger partial charge in [-0.2, -0.15) is 5.10 Å². The van der Waals surface area contributed by atoms with E-state index >= 15 is 0 Å². The Bertz CT molecular complexity index is 649. The SMILES string of the molecule is CCCCCCCCCCCC(=O)c1cnn(Cc2ccccc2)c1O. The molecule has 4 heteroatoms. The molecule has 2 aromatic rings. The third kappa shape index (κ3) is 6.66. The molecule has 1 aromatic carbocycles. The normalized spacial score (nSPS) is 11.0. The maximum absolute atomic E-state index is 12.3. The van der Waals surface area contributed by atoms with Crippen molar-refractivity contribution in [3.8, 4) is 5.88 Å². The van der Waals surface area contributed by atoms with Crippen molar-refractivity contribution in [1.82, 2.24) is 9.78 Å². The van der Waals surface area contributed by atoms with Gasteiger partial charge in [-0.1, -0.05) is 88.6 Å². The second-order valence-electron chi connectivity index (χ2n) is 7.03. The Hall–Kier alpha value is -2.10. The Balaban J connectivity index is 1.68. The van der Waals surface area contributed by atoms with Crippen LogP contribution in [0.2, 0.25) is 0 Å². The number of unbranched alkanes of at least 4 members (excludes halogenated alkanes) is 8. The van der Waals surface area contributed by atoms with Crippen molar-refractivity contribution in [2.24, 2.45) is 0 Å². The van der Waals surface area contributed by atoms with E-state index in [1.165, 1.54) is 55.8 Å². The summed E-state index contributed by atoms with van der Waals surface area (Å²) in [5.74, 6) is -0.0282. The molecule has 0 amide bonds. The highest BCUT2D eigenvalue weighted by atomic mass is 16.3. The summed E-state index contributed by atoms with van der Waals surface area (Å²) in [7, 11) is 0. The number of rotatable bonds is 13. The first-order valence-corrected chi connectivity index (χ1v) is 10.0. The molecule has 4 nitrogen and oxygen atoms in total. The van der Waals surface area contributed by atoms with Crippen LogP contribution in [0, 0.1) is 0 Å². The first-order chi connectivity index (χ1) is 12.7. The highest BCUT2D eigenvalue weighted by molar-refractivity contribution is 5.97. The summed E-state index contributed by atoms with van der Waals surface area (Å²) < 4.78 is 1.48. The highest BCUT2D eigenvalue weighted by Gasteiger charge is 2.16. The fraction of sp³-hybridized carbons (Fsp3) is 0.545. The number of aromatic nitrogens is 2. The second-order valence-corrected chi connectivity index (χ2v) is 7.03. The number of carbonyl (C=O) groups is 1. The number of hydrogen-bond acceptors (Lipinski definition) is 3. The second kappa shape index (κ2) is 11.5. The molecule has 26 heavy (non-hydrogen) atoms. The van der Waals surface area contributed by atoms with Gasteiger partial charge in [-0.3, -0.25) is 4.79 Å². The molecule has 1 aromatic heterocycles. The van der Waals surface area contributed by atoms with E-state index in [0.29, 0.717) is 18.5 Å². The zero-order valence-electron chi connectivity index (χ0n) is 16.0. The third-order valence-corrected chi connectivity index (χ3v) is 4.79. The van der Waals surface area contributed by atoms with Gasteiger partial charge in [-0.05, 0) is 12.0 Å². The minimum absolute atomic E-state index is 0.00948. The number of ketones is 1. The van der Waals surface area contributed by atoms with Crippen LogP contribution in [0.3, 0.4) is 0 Å². The van der Waals surface area contributed by atoms with E-state index in [4.69, 9.17) is 0 Å². The number of hydrogen-bond donors (Lipinski definition) is 1. The zero-order valence-corrected chi connectivity index (χ0v) is 16.0. The van der Waals surface area contributed by atoms with Crippen molar-refractivity contribution < 1.29 is 9.90 Å². The van der Waals surface area contributed by atoms with Gasteiger partial charge >= 0.3 is 0 Å². The number of benzene rings is 1. The van der Waals surface area contributed by atoms with E-state index in [1.54, 1.807) is 0 Å². The molecule has 0 saturated heterocycles. The van der Waals surface area contributed by atoms with E-state index in [2.05, 4.69) is 12.0 Å². The van der Waals surface area contributed by atoms with Gasteiger partial charge in [0.1, 0.15) is 0 Å². The van der Waals surface area contributed by atoms with Crippen LogP contribution in [0.1, 0.15) is 87.1 Å². The molecular formula is C22H32N2O2. The van der Waals surface area contributed by atoms with Crippen molar-refractivity contribution >= 4 is 5.78 Å². The van der Waals surface area contributed by atoms with E-state index in [-0.39, 0.29) is 11.7 Å². The molecule has 1 N–H and O–H groups in total. The van der Waals surface area contributed by atoms with E-state index in [1.807, 2.05) is 30.3 Å². The molecule has 0 fully saturated rings. The van der Waals surface area contributed by atoms with Gasteiger partial charge < -0.3 is 5.11 Å². The summed E-state index contributed by atoms with van der Waals surface area (Å²) in [5, 5.41) is 14.5. The molecule has 0 bridgehead atoms. The molecule has 1 heterocycles. The monoisotopic (exact) mass is 356 g/mol. The molecule has 2 rings (SSSR count). The standard InChI is InChI=1S/C22H32N2O2/c1-2-3-4-5-6-7-8-9-13-16-21(25)20-17-23-24(22(20)26)18-19-14-11-10-12-15-19/h10-12,14-15,17,26H,2-9,13,16,18H2,1H3. The van der Waals surface area contributed by atoms with E-state index in [0.717, 1.165) is 18.4 Å². The van der Waals surface area contributed by atoms with Crippen LogP contribution in [-0.4, -0.2) is 20.7 Å². The maximum Gasteiger partial charge on any atom is 0.220 e. The Morgan fingerprint density at radius 3 is 2.23 bits per heavy atom. The number of nitrogens with zero attached hydrogens (tertiary/aromatic N) is 2. The minimum atomic E-state index is -0.0187. The highest BCUT2D eigenvalue weighted by Crippen LogP contribution is 2.21. The number of carbonyl (C=O) groups excluding carboxylic acids is 1. The summed E-state index contributed by atoms with van der Waals surface area (Å²) in [6, 6.07) is 9.81. The lowest BCUT2D eigenvalue weighted by atomic mass is 10.0. The summed E-state index contributed by atoms with van der Waals surface area (Å²) in [5.41, 5.74) is 1.39. The van der Waals surface area contributed by atoms with Crippen molar-refractivity contribution in [2.45, 2.75) is 77.7 Å². The van der Waals surface area contributed by atoms with Crippen molar-refractivity contribution in [2.75, 3.05) is 0 Å². The molecule has 0 aliphatic rings. The molecule has 0 radical (unpaired) electrons. The van der Waals surface area contributed by atoms with Gasteiger partial charge in [-0.25, -0.2) is 4.68 Å². The van der Waals surface area contributed by atoms with Gasteiger partial charge in [0, 0.05) is 6.42 Å². The van der Waals surface area contributed by atoms with Crippen LogP contribution in [0.15, 0.2) is 36.5 Å². The van der Waals surface area contributed by atoms with Crippen molar-refractivity contribution in [1.29, 1.82) is 0 Å². The van der Waals surface area contributed by atoms with Crippen LogP contribution in [0.25, 0.3) is 0 Å². The summed E-state index contributed by atoms with van der Waals surface area (Å²) in [6.07, 6.45) is 13.0. The Labute approximate surface area is 157 Å². The van der Waals surface area contributed by atoms with Crippen LogP contribution >= 0.6 is 0 Å². The lowest BCUT2D eigenvalue weighted by molar-refractivity contribution is 0.0976. The Morgan fingerprint density at radius 1 is 0.962 bits per heavy atom. The molecular weight excluding hydrogens is 324 g/mol. The largest absolute Gasteiger partial charge is 0.493 e. The molecule has 0 aliphatic heterocycles. The topological polar surface area (TPSA) is 55.1 Å². The summed E-state index contributed by atoms with van der Waals surface area (Å²) >= 11 is 0. The van der Waals surface area contributed by atoms with Gasteiger partial charge in [0.2, 0.25) is 5.88 Å². The predicted molar refractivity (Wildman–Crippen MR) is 106 cm³/mol. The average Bonchev–Trinajstić information content (AvgIpc) is 3.01. The van der Waals surface area contributed by atoms with E-state index in [9.17, 15) is 9.90 Å². The van der Waals surface area contributed by atoms with Crippen LogP contribution in [-0.2, 0) is 6.54 Å².